The first kappa shape index (κ1) is 11.7. The summed E-state index contributed by atoms with van der Waals surface area (Å²) in [6.45, 7) is 3.93. The molecule has 3 nitrogen and oxygen atoms in total. The molecule has 0 saturated heterocycles. The molecule has 1 unspecified atom stereocenters. The van der Waals surface area contributed by atoms with Gasteiger partial charge >= 0.3 is 5.97 Å². The molecule has 0 aliphatic heterocycles. The maximum Gasteiger partial charge on any atom is 0.312 e. The average Bonchev–Trinajstić information content (AvgIpc) is 2.61. The van der Waals surface area contributed by atoms with E-state index in [9.17, 15) is 4.79 Å². The molecule has 90 valence electrons. The molecule has 0 amide bonds. The van der Waals surface area contributed by atoms with Crippen LogP contribution in [0.5, 0.6) is 0 Å². The Bertz CT molecular complexity index is 569. The van der Waals surface area contributed by atoms with E-state index in [-0.39, 0.29) is 11.9 Å². The standard InChI is InChI=1S/C14H17NO2/c1-9(14(16)17-4)13-10(2)15(3)12-8-6-5-7-11(12)13/h5-9H,1-4H3. The van der Waals surface area contributed by atoms with E-state index < -0.39 is 0 Å². The van der Waals surface area contributed by atoms with Crippen molar-refractivity contribution in [3.8, 4) is 0 Å². The van der Waals surface area contributed by atoms with Crippen molar-refractivity contribution in [3.05, 3.63) is 35.5 Å². The highest BCUT2D eigenvalue weighted by Crippen LogP contribution is 2.31. The molecule has 0 fully saturated rings. The lowest BCUT2D eigenvalue weighted by Crippen LogP contribution is -2.11. The third-order valence-electron chi connectivity index (χ3n) is 3.44. The lowest BCUT2D eigenvalue weighted by atomic mass is 9.98. The van der Waals surface area contributed by atoms with Crippen molar-refractivity contribution in [2.45, 2.75) is 19.8 Å². The Labute approximate surface area is 101 Å². The van der Waals surface area contributed by atoms with Crippen molar-refractivity contribution in [1.29, 1.82) is 0 Å². The number of carbonyl (C=O) groups excluding carboxylic acids is 1. The Hall–Kier alpha value is -1.77. The van der Waals surface area contributed by atoms with Gasteiger partial charge in [0.25, 0.3) is 0 Å². The monoisotopic (exact) mass is 231 g/mol. The zero-order valence-electron chi connectivity index (χ0n) is 10.7. The second-order valence-electron chi connectivity index (χ2n) is 4.32. The van der Waals surface area contributed by atoms with Gasteiger partial charge in [-0.05, 0) is 25.5 Å². The van der Waals surface area contributed by atoms with Crippen LogP contribution in [0.3, 0.4) is 0 Å². The Morgan fingerprint density at radius 2 is 2.00 bits per heavy atom. The second kappa shape index (κ2) is 4.24. The summed E-state index contributed by atoms with van der Waals surface area (Å²) in [7, 11) is 3.45. The molecule has 2 aromatic rings. The molecule has 0 bridgehead atoms. The van der Waals surface area contributed by atoms with Crippen molar-refractivity contribution < 1.29 is 9.53 Å². The van der Waals surface area contributed by atoms with Crippen LogP contribution in [0.25, 0.3) is 10.9 Å². The SMILES string of the molecule is COC(=O)C(C)c1c(C)n(C)c2ccccc12. The molecule has 0 spiro atoms. The molecule has 0 N–H and O–H groups in total. The van der Waals surface area contributed by atoms with Gasteiger partial charge < -0.3 is 9.30 Å². The summed E-state index contributed by atoms with van der Waals surface area (Å²) in [6, 6.07) is 8.12. The summed E-state index contributed by atoms with van der Waals surface area (Å²) in [5, 5.41) is 1.13. The van der Waals surface area contributed by atoms with Crippen molar-refractivity contribution in [3.63, 3.8) is 0 Å². The van der Waals surface area contributed by atoms with Crippen molar-refractivity contribution in [2.75, 3.05) is 7.11 Å². The van der Waals surface area contributed by atoms with Gasteiger partial charge in [-0.15, -0.1) is 0 Å². The van der Waals surface area contributed by atoms with E-state index >= 15 is 0 Å². The van der Waals surface area contributed by atoms with Crippen LogP contribution in [0, 0.1) is 6.92 Å². The zero-order valence-corrected chi connectivity index (χ0v) is 10.7. The smallest absolute Gasteiger partial charge is 0.312 e. The summed E-state index contributed by atoms with van der Waals surface area (Å²) in [5.41, 5.74) is 3.33. The molecule has 0 aliphatic carbocycles. The minimum atomic E-state index is -0.230. The molecule has 1 aromatic heterocycles. The normalized spacial score (nSPS) is 12.7. The predicted octanol–water partition coefficient (Wildman–Crippen LogP) is 2.76. The van der Waals surface area contributed by atoms with Gasteiger partial charge in [0.15, 0.2) is 0 Å². The molecule has 0 saturated carbocycles. The summed E-state index contributed by atoms with van der Waals surface area (Å²) in [5.74, 6) is -0.421. The first-order valence-corrected chi connectivity index (χ1v) is 5.69. The first-order chi connectivity index (χ1) is 8.07. The molecule has 17 heavy (non-hydrogen) atoms. The van der Waals surface area contributed by atoms with Crippen LogP contribution in [0.4, 0.5) is 0 Å². The van der Waals surface area contributed by atoms with E-state index in [2.05, 4.69) is 16.7 Å². The average molecular weight is 231 g/mol. The third-order valence-corrected chi connectivity index (χ3v) is 3.44. The molecule has 2 rings (SSSR count). The van der Waals surface area contributed by atoms with Crippen LogP contribution in [0.15, 0.2) is 24.3 Å². The number of aryl methyl sites for hydroxylation is 1. The van der Waals surface area contributed by atoms with Crippen LogP contribution >= 0.6 is 0 Å². The van der Waals surface area contributed by atoms with Gasteiger partial charge in [0, 0.05) is 23.6 Å². The van der Waals surface area contributed by atoms with Crippen LogP contribution in [-0.4, -0.2) is 17.6 Å². The predicted molar refractivity (Wildman–Crippen MR) is 68.1 cm³/mol. The van der Waals surface area contributed by atoms with Gasteiger partial charge in [0.2, 0.25) is 0 Å². The van der Waals surface area contributed by atoms with E-state index in [0.29, 0.717) is 0 Å². The molecule has 0 radical (unpaired) electrons. The van der Waals surface area contributed by atoms with Crippen LogP contribution < -0.4 is 0 Å². The fraction of sp³-hybridized carbons (Fsp3) is 0.357. The lowest BCUT2D eigenvalue weighted by Gasteiger charge is -2.10. The zero-order chi connectivity index (χ0) is 12.6. The number of esters is 1. The Morgan fingerprint density at radius 1 is 1.35 bits per heavy atom. The number of nitrogens with zero attached hydrogens (tertiary/aromatic N) is 1. The number of fused-ring (bicyclic) bond motifs is 1. The molecule has 0 aliphatic rings. The van der Waals surface area contributed by atoms with Gasteiger partial charge in [-0.3, -0.25) is 4.79 Å². The molecule has 1 heterocycles. The van der Waals surface area contributed by atoms with Crippen LogP contribution in [-0.2, 0) is 16.6 Å². The highest BCUT2D eigenvalue weighted by atomic mass is 16.5. The second-order valence-corrected chi connectivity index (χ2v) is 4.32. The van der Waals surface area contributed by atoms with Crippen molar-refractivity contribution in [2.24, 2.45) is 7.05 Å². The molecule has 1 aromatic carbocycles. The van der Waals surface area contributed by atoms with Gasteiger partial charge in [-0.25, -0.2) is 0 Å². The first-order valence-electron chi connectivity index (χ1n) is 5.69. The topological polar surface area (TPSA) is 31.2 Å². The number of benzene rings is 1. The Morgan fingerprint density at radius 3 is 2.65 bits per heavy atom. The number of methoxy groups -OCH3 is 1. The number of para-hydroxylation sites is 1. The fourth-order valence-corrected chi connectivity index (χ4v) is 2.39. The number of aromatic nitrogens is 1. The fourth-order valence-electron chi connectivity index (χ4n) is 2.39. The highest BCUT2D eigenvalue weighted by molar-refractivity contribution is 5.91. The summed E-state index contributed by atoms with van der Waals surface area (Å²) in [6.07, 6.45) is 0. The van der Waals surface area contributed by atoms with Crippen LogP contribution in [0.2, 0.25) is 0 Å². The lowest BCUT2D eigenvalue weighted by molar-refractivity contribution is -0.141. The summed E-state index contributed by atoms with van der Waals surface area (Å²) >= 11 is 0. The van der Waals surface area contributed by atoms with Crippen molar-refractivity contribution in [1.82, 2.24) is 4.57 Å². The number of rotatable bonds is 2. The number of ether oxygens (including phenoxy) is 1. The molecular weight excluding hydrogens is 214 g/mol. The maximum absolute atomic E-state index is 11.7. The van der Waals surface area contributed by atoms with Gasteiger partial charge in [-0.1, -0.05) is 18.2 Å². The van der Waals surface area contributed by atoms with Crippen molar-refractivity contribution >= 4 is 16.9 Å². The van der Waals surface area contributed by atoms with Crippen LogP contribution in [0.1, 0.15) is 24.1 Å². The maximum atomic E-state index is 11.7. The van der Waals surface area contributed by atoms with Gasteiger partial charge in [0.1, 0.15) is 0 Å². The summed E-state index contributed by atoms with van der Waals surface area (Å²) in [4.78, 5) is 11.7. The quantitative estimate of drug-likeness (QED) is 0.744. The third kappa shape index (κ3) is 1.71. The molecular formula is C14H17NO2. The van der Waals surface area contributed by atoms with E-state index in [4.69, 9.17) is 4.74 Å². The minimum Gasteiger partial charge on any atom is -0.469 e. The summed E-state index contributed by atoms with van der Waals surface area (Å²) < 4.78 is 6.95. The highest BCUT2D eigenvalue weighted by Gasteiger charge is 2.23. The Kier molecular flexibility index (Phi) is 2.92. The number of hydrogen-bond acceptors (Lipinski definition) is 2. The Balaban J connectivity index is 2.69. The number of hydrogen-bond donors (Lipinski definition) is 0. The van der Waals surface area contributed by atoms with E-state index in [1.807, 2.05) is 33.0 Å². The number of carbonyl (C=O) groups is 1. The van der Waals surface area contributed by atoms with Gasteiger partial charge in [-0.2, -0.15) is 0 Å². The minimum absolute atomic E-state index is 0.190. The largest absolute Gasteiger partial charge is 0.469 e. The molecule has 1 atom stereocenters. The molecule has 3 heteroatoms. The van der Waals surface area contributed by atoms with E-state index in [1.165, 1.54) is 7.11 Å². The van der Waals surface area contributed by atoms with Gasteiger partial charge in [0.05, 0.1) is 13.0 Å². The van der Waals surface area contributed by atoms with E-state index in [0.717, 1.165) is 22.2 Å². The van der Waals surface area contributed by atoms with E-state index in [1.54, 1.807) is 0 Å².